The average molecular weight is 432 g/mol. The molecule has 0 unspecified atom stereocenters. The maximum atomic E-state index is 9.98. The molecular formula is C26H33N5O. The molecule has 168 valence electrons. The molecule has 2 aromatic heterocycles. The molecule has 0 radical (unpaired) electrons. The van der Waals surface area contributed by atoms with E-state index < -0.39 is 0 Å². The first-order valence-electron chi connectivity index (χ1n) is 11.7. The zero-order valence-corrected chi connectivity index (χ0v) is 18.8. The van der Waals surface area contributed by atoms with E-state index >= 15 is 0 Å². The van der Waals surface area contributed by atoms with E-state index in [9.17, 15) is 5.11 Å². The van der Waals surface area contributed by atoms with E-state index in [4.69, 9.17) is 16.5 Å². The number of nitrogens with two attached hydrogens (primary N) is 2. The van der Waals surface area contributed by atoms with Crippen LogP contribution in [0.5, 0.6) is 5.75 Å². The molecule has 0 aliphatic rings. The highest BCUT2D eigenvalue weighted by atomic mass is 16.3. The largest absolute Gasteiger partial charge is 0.508 e. The van der Waals surface area contributed by atoms with Gasteiger partial charge in [0.2, 0.25) is 0 Å². The fraction of sp³-hybridized carbons (Fsp3) is 0.385. The van der Waals surface area contributed by atoms with Crippen molar-refractivity contribution in [1.82, 2.24) is 14.5 Å². The molecule has 4 rings (SSSR count). The Morgan fingerprint density at radius 3 is 2.59 bits per heavy atom. The van der Waals surface area contributed by atoms with Crippen LogP contribution >= 0.6 is 0 Å². The fourth-order valence-corrected chi connectivity index (χ4v) is 4.34. The molecule has 4 aromatic rings. The van der Waals surface area contributed by atoms with E-state index in [-0.39, 0.29) is 5.75 Å². The minimum absolute atomic E-state index is 0.271. The highest BCUT2D eigenvalue weighted by molar-refractivity contribution is 6.06. The molecule has 2 heterocycles. The number of anilines is 1. The van der Waals surface area contributed by atoms with Crippen LogP contribution in [0.25, 0.3) is 21.9 Å². The van der Waals surface area contributed by atoms with Gasteiger partial charge in [0.25, 0.3) is 0 Å². The van der Waals surface area contributed by atoms with Gasteiger partial charge in [0, 0.05) is 18.4 Å². The zero-order valence-electron chi connectivity index (χ0n) is 18.8. The molecule has 0 amide bonds. The summed E-state index contributed by atoms with van der Waals surface area (Å²) in [6, 6.07) is 13.9. The first kappa shape index (κ1) is 22.1. The Morgan fingerprint density at radius 2 is 1.81 bits per heavy atom. The van der Waals surface area contributed by atoms with Crippen LogP contribution in [-0.4, -0.2) is 26.2 Å². The van der Waals surface area contributed by atoms with Crippen LogP contribution in [0, 0.1) is 0 Å². The van der Waals surface area contributed by atoms with E-state index in [1.165, 1.54) is 5.56 Å². The monoisotopic (exact) mass is 431 g/mol. The summed E-state index contributed by atoms with van der Waals surface area (Å²) in [6.45, 7) is 3.56. The quantitative estimate of drug-likeness (QED) is 0.309. The summed E-state index contributed by atoms with van der Waals surface area (Å²) >= 11 is 0. The number of unbranched alkanes of at least 4 members (excludes halogenated alkanes) is 3. The number of imidazole rings is 1. The van der Waals surface area contributed by atoms with Crippen molar-refractivity contribution >= 4 is 27.8 Å². The van der Waals surface area contributed by atoms with Crippen molar-refractivity contribution < 1.29 is 5.11 Å². The summed E-state index contributed by atoms with van der Waals surface area (Å²) < 4.78 is 2.26. The Hall–Kier alpha value is -3.12. The Morgan fingerprint density at radius 1 is 0.938 bits per heavy atom. The van der Waals surface area contributed by atoms with E-state index in [1.54, 1.807) is 6.07 Å². The van der Waals surface area contributed by atoms with Crippen LogP contribution in [0.4, 0.5) is 5.82 Å². The van der Waals surface area contributed by atoms with Crippen LogP contribution in [0.2, 0.25) is 0 Å². The van der Waals surface area contributed by atoms with E-state index in [0.29, 0.717) is 12.4 Å². The summed E-state index contributed by atoms with van der Waals surface area (Å²) in [7, 11) is 0. The van der Waals surface area contributed by atoms with Crippen LogP contribution in [-0.2, 0) is 19.4 Å². The average Bonchev–Trinajstić information content (AvgIpc) is 3.14. The van der Waals surface area contributed by atoms with Crippen molar-refractivity contribution in [2.24, 2.45) is 5.73 Å². The number of hydrogen-bond acceptors (Lipinski definition) is 5. The number of hydrogen-bond donors (Lipinski definition) is 3. The van der Waals surface area contributed by atoms with Crippen molar-refractivity contribution in [2.45, 2.75) is 58.4 Å². The summed E-state index contributed by atoms with van der Waals surface area (Å²) in [6.07, 6.45) is 7.37. The molecule has 6 nitrogen and oxygen atoms in total. The van der Waals surface area contributed by atoms with Crippen LogP contribution in [0.1, 0.15) is 56.0 Å². The number of aromatic nitrogens is 3. The predicted octanol–water partition coefficient (Wildman–Crippen LogP) is 4.93. The minimum Gasteiger partial charge on any atom is -0.508 e. The molecule has 32 heavy (non-hydrogen) atoms. The second-order valence-corrected chi connectivity index (χ2v) is 8.53. The molecule has 0 saturated heterocycles. The number of rotatable bonds is 10. The second kappa shape index (κ2) is 10.0. The fourth-order valence-electron chi connectivity index (χ4n) is 4.34. The highest BCUT2D eigenvalue weighted by Crippen LogP contribution is 2.31. The number of nitrogens with zero attached hydrogens (tertiary/aromatic N) is 3. The van der Waals surface area contributed by atoms with E-state index in [2.05, 4.69) is 34.7 Å². The van der Waals surface area contributed by atoms with Gasteiger partial charge in [-0.1, -0.05) is 38.0 Å². The number of phenols is 1. The first-order chi connectivity index (χ1) is 15.6. The van der Waals surface area contributed by atoms with Gasteiger partial charge in [0.15, 0.2) is 5.82 Å². The molecule has 5 N–H and O–H groups in total. The summed E-state index contributed by atoms with van der Waals surface area (Å²) in [5.41, 5.74) is 17.0. The Kier molecular flexibility index (Phi) is 6.90. The standard InChI is InChI=1S/C26H33N5O/c1-2-3-11-23-30-24-25(31(23)17-19-9-7-10-20(32)15-19)21-16-18(8-5-4-6-14-27)12-13-22(21)29-26(24)28/h7,9-10,12-13,15-16,32H,2-6,8,11,14,17,27H2,1H3,(H2,28,29). The molecule has 0 spiro atoms. The number of phenolic OH excluding ortho intramolecular Hbond substituents is 1. The third kappa shape index (κ3) is 4.70. The molecule has 2 aromatic carbocycles. The predicted molar refractivity (Wildman–Crippen MR) is 132 cm³/mol. The molecule has 0 aliphatic heterocycles. The number of fused-ring (bicyclic) bond motifs is 3. The number of nitrogen functional groups attached to an aromatic ring is 1. The first-order valence-corrected chi connectivity index (χ1v) is 11.7. The third-order valence-corrected chi connectivity index (χ3v) is 6.02. The second-order valence-electron chi connectivity index (χ2n) is 8.53. The maximum absolute atomic E-state index is 9.98. The van der Waals surface area contributed by atoms with Gasteiger partial charge in [-0.25, -0.2) is 9.97 Å². The van der Waals surface area contributed by atoms with Gasteiger partial charge in [-0.15, -0.1) is 0 Å². The molecule has 0 atom stereocenters. The van der Waals surface area contributed by atoms with E-state index in [1.807, 2.05) is 18.2 Å². The number of aromatic hydroxyl groups is 1. The van der Waals surface area contributed by atoms with Crippen molar-refractivity contribution in [3.63, 3.8) is 0 Å². The van der Waals surface area contributed by atoms with Gasteiger partial charge in [-0.05, 0) is 67.6 Å². The van der Waals surface area contributed by atoms with Gasteiger partial charge in [0.1, 0.15) is 17.1 Å². The molecule has 0 saturated carbocycles. The van der Waals surface area contributed by atoms with Crippen molar-refractivity contribution in [2.75, 3.05) is 12.3 Å². The van der Waals surface area contributed by atoms with Crippen LogP contribution in [0.3, 0.4) is 0 Å². The number of pyridine rings is 1. The molecule has 0 bridgehead atoms. The van der Waals surface area contributed by atoms with Crippen molar-refractivity contribution in [3.8, 4) is 5.75 Å². The normalized spacial score (nSPS) is 11.6. The minimum atomic E-state index is 0.271. The van der Waals surface area contributed by atoms with E-state index in [0.717, 1.165) is 84.8 Å². The topological polar surface area (TPSA) is 103 Å². The van der Waals surface area contributed by atoms with Gasteiger partial charge in [-0.2, -0.15) is 0 Å². The SMILES string of the molecule is CCCCc1nc2c(N)nc3ccc(CCCCCN)cc3c2n1Cc1cccc(O)c1. The Labute approximate surface area is 189 Å². The lowest BCUT2D eigenvalue weighted by Gasteiger charge is -2.12. The third-order valence-electron chi connectivity index (χ3n) is 6.02. The van der Waals surface area contributed by atoms with Gasteiger partial charge >= 0.3 is 0 Å². The lowest BCUT2D eigenvalue weighted by molar-refractivity contribution is 0.474. The van der Waals surface area contributed by atoms with Gasteiger partial charge in [-0.3, -0.25) is 0 Å². The molecule has 0 aliphatic carbocycles. The molecule has 0 fully saturated rings. The Bertz CT molecular complexity index is 1210. The zero-order chi connectivity index (χ0) is 22.5. The lowest BCUT2D eigenvalue weighted by Crippen LogP contribution is -2.06. The summed E-state index contributed by atoms with van der Waals surface area (Å²) in [5, 5.41) is 11.1. The smallest absolute Gasteiger partial charge is 0.152 e. The molecule has 6 heteroatoms. The van der Waals surface area contributed by atoms with Gasteiger partial charge in [0.05, 0.1) is 11.0 Å². The van der Waals surface area contributed by atoms with Gasteiger partial charge < -0.3 is 21.1 Å². The summed E-state index contributed by atoms with van der Waals surface area (Å²) in [5.74, 6) is 1.75. The maximum Gasteiger partial charge on any atom is 0.152 e. The summed E-state index contributed by atoms with van der Waals surface area (Å²) in [4.78, 5) is 9.59. The van der Waals surface area contributed by atoms with Crippen LogP contribution in [0.15, 0.2) is 42.5 Å². The van der Waals surface area contributed by atoms with Crippen LogP contribution < -0.4 is 11.5 Å². The molecular weight excluding hydrogens is 398 g/mol. The Balaban J connectivity index is 1.84. The van der Waals surface area contributed by atoms with Crippen molar-refractivity contribution in [3.05, 3.63) is 59.4 Å². The number of benzene rings is 2. The van der Waals surface area contributed by atoms with Crippen molar-refractivity contribution in [1.29, 1.82) is 0 Å². The lowest BCUT2D eigenvalue weighted by atomic mass is 10.0. The highest BCUT2D eigenvalue weighted by Gasteiger charge is 2.18. The number of aryl methyl sites for hydroxylation is 2.